The molecule has 1 N–H and O–H groups in total. The highest BCUT2D eigenvalue weighted by Gasteiger charge is 2.31. The predicted octanol–water partition coefficient (Wildman–Crippen LogP) is 3.45. The Morgan fingerprint density at radius 3 is 2.37 bits per heavy atom. The molecule has 1 aromatic rings. The molecule has 106 valence electrons. The topological polar surface area (TPSA) is 15.3 Å². The van der Waals surface area contributed by atoms with E-state index in [1.165, 1.54) is 11.3 Å². The summed E-state index contributed by atoms with van der Waals surface area (Å²) in [6.45, 7) is 13.7. The average Bonchev–Trinajstić information content (AvgIpc) is 2.38. The molecule has 1 saturated heterocycles. The Morgan fingerprint density at radius 1 is 1.11 bits per heavy atom. The lowest BCUT2D eigenvalue weighted by atomic mass is 9.93. The number of para-hydroxylation sites is 1. The Hall–Kier alpha value is -1.02. The third kappa shape index (κ3) is 3.11. The fourth-order valence-corrected chi connectivity index (χ4v) is 3.00. The Morgan fingerprint density at radius 2 is 1.79 bits per heavy atom. The van der Waals surface area contributed by atoms with Gasteiger partial charge in [-0.15, -0.1) is 0 Å². The first-order valence-corrected chi connectivity index (χ1v) is 7.56. The minimum absolute atomic E-state index is 0.592. The summed E-state index contributed by atoms with van der Waals surface area (Å²) >= 11 is 0. The summed E-state index contributed by atoms with van der Waals surface area (Å²) in [7, 11) is 0. The predicted molar refractivity (Wildman–Crippen MR) is 83.8 cm³/mol. The van der Waals surface area contributed by atoms with Crippen LogP contribution in [0.25, 0.3) is 0 Å². The highest BCUT2D eigenvalue weighted by Crippen LogP contribution is 2.27. The molecule has 1 aliphatic heterocycles. The molecule has 2 rings (SSSR count). The van der Waals surface area contributed by atoms with Gasteiger partial charge in [0.2, 0.25) is 0 Å². The van der Waals surface area contributed by atoms with Crippen molar-refractivity contribution in [1.29, 1.82) is 0 Å². The molecule has 0 aliphatic carbocycles. The van der Waals surface area contributed by atoms with E-state index in [1.54, 1.807) is 0 Å². The minimum atomic E-state index is 0.592. The van der Waals surface area contributed by atoms with Crippen molar-refractivity contribution >= 4 is 5.69 Å². The highest BCUT2D eigenvalue weighted by molar-refractivity contribution is 5.54. The fourth-order valence-electron chi connectivity index (χ4n) is 3.00. The van der Waals surface area contributed by atoms with Crippen molar-refractivity contribution in [2.75, 3.05) is 18.0 Å². The summed E-state index contributed by atoms with van der Waals surface area (Å²) < 4.78 is 0. The quantitative estimate of drug-likeness (QED) is 0.895. The van der Waals surface area contributed by atoms with Gasteiger partial charge in [-0.1, -0.05) is 45.9 Å². The normalized spacial score (nSPS) is 24.3. The molecule has 1 heterocycles. The standard InChI is InChI=1S/C17H28N2/c1-12(2)15-11-19(17(10-18-15)13(3)4)16-9-7-6-8-14(16)5/h6-9,12-13,15,17-18H,10-11H2,1-5H3. The molecule has 0 amide bonds. The number of rotatable bonds is 3. The molecule has 1 aliphatic rings. The van der Waals surface area contributed by atoms with Gasteiger partial charge in [0, 0.05) is 30.9 Å². The van der Waals surface area contributed by atoms with Crippen molar-refractivity contribution in [3.05, 3.63) is 29.8 Å². The number of benzene rings is 1. The van der Waals surface area contributed by atoms with Crippen molar-refractivity contribution in [2.24, 2.45) is 11.8 Å². The molecule has 1 aromatic carbocycles. The minimum Gasteiger partial charge on any atom is -0.365 e. The maximum Gasteiger partial charge on any atom is 0.0438 e. The van der Waals surface area contributed by atoms with E-state index in [-0.39, 0.29) is 0 Å². The van der Waals surface area contributed by atoms with Crippen LogP contribution >= 0.6 is 0 Å². The van der Waals surface area contributed by atoms with Gasteiger partial charge in [0.15, 0.2) is 0 Å². The first-order valence-electron chi connectivity index (χ1n) is 7.56. The number of anilines is 1. The third-order valence-corrected chi connectivity index (χ3v) is 4.38. The van der Waals surface area contributed by atoms with Crippen LogP contribution in [0.15, 0.2) is 24.3 Å². The summed E-state index contributed by atoms with van der Waals surface area (Å²) in [4.78, 5) is 2.63. The van der Waals surface area contributed by atoms with Gasteiger partial charge in [-0.05, 0) is 30.4 Å². The van der Waals surface area contributed by atoms with Crippen LogP contribution in [0, 0.1) is 18.8 Å². The van der Waals surface area contributed by atoms with E-state index >= 15 is 0 Å². The molecular weight excluding hydrogens is 232 g/mol. The van der Waals surface area contributed by atoms with Crippen molar-refractivity contribution in [3.8, 4) is 0 Å². The van der Waals surface area contributed by atoms with Gasteiger partial charge in [0.25, 0.3) is 0 Å². The number of hydrogen-bond acceptors (Lipinski definition) is 2. The largest absolute Gasteiger partial charge is 0.365 e. The molecule has 19 heavy (non-hydrogen) atoms. The molecule has 0 aromatic heterocycles. The van der Waals surface area contributed by atoms with E-state index in [0.717, 1.165) is 13.1 Å². The first kappa shape index (κ1) is 14.4. The summed E-state index contributed by atoms with van der Waals surface area (Å²) in [5, 5.41) is 3.73. The Balaban J connectivity index is 2.28. The molecular formula is C17H28N2. The number of piperazine rings is 1. The Labute approximate surface area is 118 Å². The van der Waals surface area contributed by atoms with Gasteiger partial charge in [0.05, 0.1) is 0 Å². The van der Waals surface area contributed by atoms with E-state index in [9.17, 15) is 0 Å². The van der Waals surface area contributed by atoms with Gasteiger partial charge in [0.1, 0.15) is 0 Å². The maximum absolute atomic E-state index is 3.73. The number of aryl methyl sites for hydroxylation is 1. The Bertz CT molecular complexity index is 411. The molecule has 2 atom stereocenters. The van der Waals surface area contributed by atoms with Crippen LogP contribution < -0.4 is 10.2 Å². The number of hydrogen-bond donors (Lipinski definition) is 1. The number of nitrogens with zero attached hydrogens (tertiary/aromatic N) is 1. The molecule has 1 fully saturated rings. The molecule has 0 radical (unpaired) electrons. The number of nitrogens with one attached hydrogen (secondary N) is 1. The van der Waals surface area contributed by atoms with E-state index < -0.39 is 0 Å². The third-order valence-electron chi connectivity index (χ3n) is 4.38. The molecule has 0 saturated carbocycles. The molecule has 2 nitrogen and oxygen atoms in total. The molecule has 0 spiro atoms. The summed E-state index contributed by atoms with van der Waals surface area (Å²) in [5.74, 6) is 1.35. The first-order chi connectivity index (χ1) is 9.00. The van der Waals surface area contributed by atoms with Crippen LogP contribution in [0.2, 0.25) is 0 Å². The second-order valence-corrected chi connectivity index (χ2v) is 6.51. The summed E-state index contributed by atoms with van der Waals surface area (Å²) in [6.07, 6.45) is 0. The lowest BCUT2D eigenvalue weighted by molar-refractivity contribution is 0.295. The van der Waals surface area contributed by atoms with Crippen LogP contribution in [0.3, 0.4) is 0 Å². The second kappa shape index (κ2) is 5.96. The van der Waals surface area contributed by atoms with Crippen LogP contribution in [0.4, 0.5) is 5.69 Å². The highest BCUT2D eigenvalue weighted by atomic mass is 15.2. The van der Waals surface area contributed by atoms with E-state index in [2.05, 4.69) is 69.1 Å². The van der Waals surface area contributed by atoms with E-state index in [0.29, 0.717) is 23.9 Å². The summed E-state index contributed by atoms with van der Waals surface area (Å²) in [6, 6.07) is 9.97. The Kier molecular flexibility index (Phi) is 4.51. The molecule has 2 heteroatoms. The van der Waals surface area contributed by atoms with Gasteiger partial charge < -0.3 is 10.2 Å². The lowest BCUT2D eigenvalue weighted by Crippen LogP contribution is -2.60. The van der Waals surface area contributed by atoms with Crippen molar-refractivity contribution < 1.29 is 0 Å². The zero-order valence-electron chi connectivity index (χ0n) is 13.0. The SMILES string of the molecule is Cc1ccccc1N1CC(C(C)C)NCC1C(C)C. The second-order valence-electron chi connectivity index (χ2n) is 6.51. The molecule has 2 unspecified atom stereocenters. The molecule has 0 bridgehead atoms. The maximum atomic E-state index is 3.73. The lowest BCUT2D eigenvalue weighted by Gasteiger charge is -2.45. The van der Waals surface area contributed by atoms with Crippen LogP contribution in [-0.4, -0.2) is 25.2 Å². The van der Waals surface area contributed by atoms with Crippen molar-refractivity contribution in [3.63, 3.8) is 0 Å². The monoisotopic (exact) mass is 260 g/mol. The van der Waals surface area contributed by atoms with Gasteiger partial charge in [-0.25, -0.2) is 0 Å². The van der Waals surface area contributed by atoms with E-state index in [1.807, 2.05) is 0 Å². The van der Waals surface area contributed by atoms with Gasteiger partial charge >= 0.3 is 0 Å². The smallest absolute Gasteiger partial charge is 0.0438 e. The average molecular weight is 260 g/mol. The zero-order chi connectivity index (χ0) is 14.0. The zero-order valence-corrected chi connectivity index (χ0v) is 13.0. The van der Waals surface area contributed by atoms with Crippen LogP contribution in [-0.2, 0) is 0 Å². The van der Waals surface area contributed by atoms with Gasteiger partial charge in [-0.3, -0.25) is 0 Å². The van der Waals surface area contributed by atoms with Crippen molar-refractivity contribution in [1.82, 2.24) is 5.32 Å². The van der Waals surface area contributed by atoms with E-state index in [4.69, 9.17) is 0 Å². The summed E-state index contributed by atoms with van der Waals surface area (Å²) in [5.41, 5.74) is 2.80. The van der Waals surface area contributed by atoms with Gasteiger partial charge in [-0.2, -0.15) is 0 Å². The fraction of sp³-hybridized carbons (Fsp3) is 0.647. The van der Waals surface area contributed by atoms with Crippen LogP contribution in [0.1, 0.15) is 33.3 Å². The van der Waals surface area contributed by atoms with Crippen molar-refractivity contribution in [2.45, 2.75) is 46.7 Å². The van der Waals surface area contributed by atoms with Crippen LogP contribution in [0.5, 0.6) is 0 Å².